The van der Waals surface area contributed by atoms with Gasteiger partial charge in [-0.05, 0) is 0 Å². The van der Waals surface area contributed by atoms with Gasteiger partial charge in [0, 0.05) is 20.1 Å². The summed E-state index contributed by atoms with van der Waals surface area (Å²) in [5.41, 5.74) is 0. The van der Waals surface area contributed by atoms with Crippen LogP contribution in [0.1, 0.15) is 12.8 Å². The zero-order chi connectivity index (χ0) is 14.9. The Bertz CT molecular complexity index is 295. The van der Waals surface area contributed by atoms with Crippen LogP contribution in [0, 0.1) is 0 Å². The molecule has 0 aliphatic heterocycles. The molecule has 0 aliphatic rings. The number of ether oxygens (including phenoxy) is 2. The molecule has 0 fully saturated rings. The SMILES string of the molecule is COC(CNC(=O)CCOCC(F)(F)F)CC(=O)O. The van der Waals surface area contributed by atoms with Crippen LogP contribution in [0.2, 0.25) is 0 Å². The normalized spacial score (nSPS) is 13.1. The Balaban J connectivity index is 3.71. The van der Waals surface area contributed by atoms with E-state index in [1.807, 2.05) is 0 Å². The lowest BCUT2D eigenvalue weighted by Gasteiger charge is -2.14. The van der Waals surface area contributed by atoms with Gasteiger partial charge in [-0.15, -0.1) is 0 Å². The molecule has 0 rings (SSSR count). The van der Waals surface area contributed by atoms with Crippen LogP contribution in [-0.2, 0) is 19.1 Å². The number of carboxylic acids is 1. The van der Waals surface area contributed by atoms with Gasteiger partial charge in [0.15, 0.2) is 0 Å². The molecule has 0 bridgehead atoms. The molecule has 0 aliphatic carbocycles. The molecule has 0 aromatic carbocycles. The van der Waals surface area contributed by atoms with Crippen LogP contribution >= 0.6 is 0 Å². The molecule has 0 saturated carbocycles. The number of carbonyl (C=O) groups is 2. The second kappa shape index (κ2) is 8.70. The number of hydrogen-bond acceptors (Lipinski definition) is 4. The molecule has 9 heteroatoms. The molecule has 0 aromatic heterocycles. The second-order valence-corrected chi connectivity index (χ2v) is 3.68. The van der Waals surface area contributed by atoms with Crippen LogP contribution in [0.4, 0.5) is 13.2 Å². The lowest BCUT2D eigenvalue weighted by atomic mass is 10.2. The van der Waals surface area contributed by atoms with Crippen molar-refractivity contribution in [2.75, 3.05) is 26.9 Å². The molecule has 1 atom stereocenters. The summed E-state index contributed by atoms with van der Waals surface area (Å²) >= 11 is 0. The molecule has 19 heavy (non-hydrogen) atoms. The predicted molar refractivity (Wildman–Crippen MR) is 57.6 cm³/mol. The molecule has 0 radical (unpaired) electrons. The molecule has 112 valence electrons. The highest BCUT2D eigenvalue weighted by atomic mass is 19.4. The number of aliphatic carboxylic acids is 1. The molecule has 0 heterocycles. The van der Waals surface area contributed by atoms with Gasteiger partial charge in [-0.1, -0.05) is 0 Å². The summed E-state index contributed by atoms with van der Waals surface area (Å²) in [7, 11) is 1.30. The van der Waals surface area contributed by atoms with Crippen LogP contribution in [0.3, 0.4) is 0 Å². The zero-order valence-electron chi connectivity index (χ0n) is 10.3. The average molecular weight is 287 g/mol. The van der Waals surface area contributed by atoms with Gasteiger partial charge in [0.05, 0.1) is 19.1 Å². The number of carboxylic acid groups (broad SMARTS) is 1. The van der Waals surface area contributed by atoms with Gasteiger partial charge in [0.2, 0.25) is 5.91 Å². The summed E-state index contributed by atoms with van der Waals surface area (Å²) in [6.45, 7) is -1.79. The minimum atomic E-state index is -4.42. The number of hydrogen-bond donors (Lipinski definition) is 2. The first-order valence-corrected chi connectivity index (χ1v) is 5.40. The summed E-state index contributed by atoms with van der Waals surface area (Å²) in [5.74, 6) is -1.61. The van der Waals surface area contributed by atoms with E-state index < -0.39 is 30.8 Å². The molecule has 1 unspecified atom stereocenters. The highest BCUT2D eigenvalue weighted by molar-refractivity contribution is 5.76. The van der Waals surface area contributed by atoms with Gasteiger partial charge in [-0.2, -0.15) is 13.2 Å². The summed E-state index contributed by atoms with van der Waals surface area (Å²) in [6, 6.07) is 0. The number of halogens is 3. The Morgan fingerprint density at radius 2 is 2.00 bits per heavy atom. The van der Waals surface area contributed by atoms with Crippen molar-refractivity contribution >= 4 is 11.9 Å². The van der Waals surface area contributed by atoms with Gasteiger partial charge in [0.1, 0.15) is 6.61 Å². The third-order valence-corrected chi connectivity index (χ3v) is 2.00. The second-order valence-electron chi connectivity index (χ2n) is 3.68. The topological polar surface area (TPSA) is 84.9 Å². The van der Waals surface area contributed by atoms with Crippen molar-refractivity contribution in [3.63, 3.8) is 0 Å². The van der Waals surface area contributed by atoms with Crippen molar-refractivity contribution < 1.29 is 37.3 Å². The third-order valence-electron chi connectivity index (χ3n) is 2.00. The molecule has 1 amide bonds. The van der Waals surface area contributed by atoms with Crippen molar-refractivity contribution in [1.82, 2.24) is 5.32 Å². The van der Waals surface area contributed by atoms with Crippen molar-refractivity contribution in [2.45, 2.75) is 25.1 Å². The van der Waals surface area contributed by atoms with Gasteiger partial charge >= 0.3 is 12.1 Å². The zero-order valence-corrected chi connectivity index (χ0v) is 10.3. The maximum atomic E-state index is 11.7. The van der Waals surface area contributed by atoms with Crippen LogP contribution in [0.5, 0.6) is 0 Å². The van der Waals surface area contributed by atoms with E-state index >= 15 is 0 Å². The number of methoxy groups -OCH3 is 1. The fraction of sp³-hybridized carbons (Fsp3) is 0.800. The van der Waals surface area contributed by atoms with E-state index in [0.29, 0.717) is 0 Å². The van der Waals surface area contributed by atoms with Crippen molar-refractivity contribution in [3.8, 4) is 0 Å². The molecule has 2 N–H and O–H groups in total. The summed E-state index contributed by atoms with van der Waals surface area (Å²) in [6.07, 6.45) is -5.61. The Morgan fingerprint density at radius 3 is 2.47 bits per heavy atom. The van der Waals surface area contributed by atoms with E-state index in [1.165, 1.54) is 7.11 Å². The van der Waals surface area contributed by atoms with Gasteiger partial charge < -0.3 is 19.9 Å². The number of rotatable bonds is 9. The van der Waals surface area contributed by atoms with Crippen LogP contribution < -0.4 is 5.32 Å². The fourth-order valence-electron chi connectivity index (χ4n) is 1.10. The van der Waals surface area contributed by atoms with E-state index in [9.17, 15) is 22.8 Å². The minimum absolute atomic E-state index is 0.0269. The van der Waals surface area contributed by atoms with Crippen LogP contribution in [-0.4, -0.2) is 56.1 Å². The maximum absolute atomic E-state index is 11.7. The lowest BCUT2D eigenvalue weighted by Crippen LogP contribution is -2.35. The molecule has 6 nitrogen and oxygen atoms in total. The highest BCUT2D eigenvalue weighted by Gasteiger charge is 2.27. The van der Waals surface area contributed by atoms with E-state index in [0.717, 1.165) is 0 Å². The van der Waals surface area contributed by atoms with Crippen molar-refractivity contribution in [2.24, 2.45) is 0 Å². The Labute approximate surface area is 107 Å². The summed E-state index contributed by atoms with van der Waals surface area (Å²) in [4.78, 5) is 21.6. The Morgan fingerprint density at radius 1 is 1.37 bits per heavy atom. The monoisotopic (exact) mass is 287 g/mol. The van der Waals surface area contributed by atoms with Crippen LogP contribution in [0.25, 0.3) is 0 Å². The highest BCUT2D eigenvalue weighted by Crippen LogP contribution is 2.14. The largest absolute Gasteiger partial charge is 0.481 e. The maximum Gasteiger partial charge on any atom is 0.411 e. The fourth-order valence-corrected chi connectivity index (χ4v) is 1.10. The Hall–Kier alpha value is -1.35. The first-order chi connectivity index (χ1) is 8.74. The van der Waals surface area contributed by atoms with E-state index in [4.69, 9.17) is 9.84 Å². The first kappa shape index (κ1) is 17.6. The molecular weight excluding hydrogens is 271 g/mol. The van der Waals surface area contributed by atoms with Crippen molar-refractivity contribution in [3.05, 3.63) is 0 Å². The molecular formula is C10H16F3NO5. The number of alkyl halides is 3. The molecule has 0 spiro atoms. The predicted octanol–water partition coefficient (Wildman–Crippen LogP) is 0.561. The number of nitrogens with one attached hydrogen (secondary N) is 1. The molecule has 0 aromatic rings. The first-order valence-electron chi connectivity index (χ1n) is 5.40. The minimum Gasteiger partial charge on any atom is -0.481 e. The smallest absolute Gasteiger partial charge is 0.411 e. The average Bonchev–Trinajstić information content (AvgIpc) is 2.28. The number of carbonyl (C=O) groups excluding carboxylic acids is 1. The number of amides is 1. The van der Waals surface area contributed by atoms with E-state index in [1.54, 1.807) is 0 Å². The molecule has 0 saturated heterocycles. The standard InChI is InChI=1S/C10H16F3NO5/c1-18-7(4-9(16)17)5-14-8(15)2-3-19-6-10(11,12)13/h7H,2-6H2,1H3,(H,14,15)(H,16,17). The van der Waals surface area contributed by atoms with Gasteiger partial charge in [-0.3, -0.25) is 9.59 Å². The lowest BCUT2D eigenvalue weighted by molar-refractivity contribution is -0.174. The van der Waals surface area contributed by atoms with E-state index in [2.05, 4.69) is 10.1 Å². The van der Waals surface area contributed by atoms with Crippen LogP contribution in [0.15, 0.2) is 0 Å². The van der Waals surface area contributed by atoms with Gasteiger partial charge in [-0.25, -0.2) is 0 Å². The summed E-state index contributed by atoms with van der Waals surface area (Å²) < 4.78 is 44.2. The van der Waals surface area contributed by atoms with E-state index in [-0.39, 0.29) is 26.0 Å². The van der Waals surface area contributed by atoms with Gasteiger partial charge in [0.25, 0.3) is 0 Å². The van der Waals surface area contributed by atoms with Crippen molar-refractivity contribution in [1.29, 1.82) is 0 Å². The quantitative estimate of drug-likeness (QED) is 0.605. The summed E-state index contributed by atoms with van der Waals surface area (Å²) in [5, 5.41) is 10.9. The Kier molecular flexibility index (Phi) is 8.08. The third kappa shape index (κ3) is 11.5.